The molecule has 0 unspecified atom stereocenters. The fourth-order valence-corrected chi connectivity index (χ4v) is 5.82. The van der Waals surface area contributed by atoms with Crippen molar-refractivity contribution in [3.63, 3.8) is 0 Å². The van der Waals surface area contributed by atoms with Crippen molar-refractivity contribution in [3.05, 3.63) is 65.7 Å². The number of amides is 2. The highest BCUT2D eigenvalue weighted by atomic mass is 32.2. The van der Waals surface area contributed by atoms with E-state index in [9.17, 15) is 18.0 Å². The Morgan fingerprint density at radius 3 is 2.28 bits per heavy atom. The van der Waals surface area contributed by atoms with Gasteiger partial charge in [0.05, 0.1) is 11.9 Å². The van der Waals surface area contributed by atoms with E-state index in [1.54, 1.807) is 29.2 Å². The summed E-state index contributed by atoms with van der Waals surface area (Å²) in [5, 5.41) is 3.16. The van der Waals surface area contributed by atoms with E-state index in [1.807, 2.05) is 44.2 Å². The molecule has 0 radical (unpaired) electrons. The lowest BCUT2D eigenvalue weighted by Gasteiger charge is -2.32. The SMILES string of the molecule is CC[C@@H](C(=O)NC1CCCC1)N(Cc1ccccc1C)C(=O)CCCN(c1ccccc1)S(C)(=O)=O. The summed E-state index contributed by atoms with van der Waals surface area (Å²) < 4.78 is 26.1. The van der Waals surface area contributed by atoms with Gasteiger partial charge in [0.2, 0.25) is 21.8 Å². The molecular formula is C28H39N3O4S. The van der Waals surface area contributed by atoms with Crippen LogP contribution in [-0.2, 0) is 26.2 Å². The third-order valence-corrected chi connectivity index (χ3v) is 8.08. The second-order valence-electron chi connectivity index (χ2n) is 9.64. The summed E-state index contributed by atoms with van der Waals surface area (Å²) in [7, 11) is -3.49. The number of para-hydroxylation sites is 1. The first-order valence-corrected chi connectivity index (χ1v) is 14.7. The van der Waals surface area contributed by atoms with Crippen LogP contribution in [0.2, 0.25) is 0 Å². The van der Waals surface area contributed by atoms with E-state index in [4.69, 9.17) is 0 Å². The molecule has 1 fully saturated rings. The Morgan fingerprint density at radius 2 is 1.67 bits per heavy atom. The van der Waals surface area contributed by atoms with Gasteiger partial charge in [0, 0.05) is 25.6 Å². The molecule has 0 spiro atoms. The van der Waals surface area contributed by atoms with Crippen LogP contribution in [0.1, 0.15) is 63.0 Å². The lowest BCUT2D eigenvalue weighted by molar-refractivity contribution is -0.141. The third kappa shape index (κ3) is 7.56. The number of hydrogen-bond donors (Lipinski definition) is 1. The summed E-state index contributed by atoms with van der Waals surface area (Å²) in [6, 6.07) is 16.4. The highest BCUT2D eigenvalue weighted by Crippen LogP contribution is 2.22. The number of carbonyl (C=O) groups excluding carboxylic acids is 2. The Balaban J connectivity index is 1.75. The molecule has 3 rings (SSSR count). The van der Waals surface area contributed by atoms with Crippen LogP contribution in [0.4, 0.5) is 5.69 Å². The van der Waals surface area contributed by atoms with Gasteiger partial charge >= 0.3 is 0 Å². The molecule has 2 aromatic carbocycles. The first-order valence-electron chi connectivity index (χ1n) is 12.9. The van der Waals surface area contributed by atoms with Crippen LogP contribution >= 0.6 is 0 Å². The number of aryl methyl sites for hydroxylation is 1. The molecule has 36 heavy (non-hydrogen) atoms. The standard InChI is InChI=1S/C28H39N3O4S/c1-4-26(28(33)29-24-15-10-11-16-24)30(21-23-14-9-8-13-22(23)2)27(32)19-12-20-31(36(3,34)35)25-17-6-5-7-18-25/h5-9,13-14,17-18,24,26H,4,10-12,15-16,19-21H2,1-3H3,(H,29,33)/t26-/m0/s1. The molecule has 0 heterocycles. The maximum absolute atomic E-state index is 13.5. The van der Waals surface area contributed by atoms with Crippen molar-refractivity contribution in [2.75, 3.05) is 17.1 Å². The van der Waals surface area contributed by atoms with Gasteiger partial charge in [-0.2, -0.15) is 0 Å². The largest absolute Gasteiger partial charge is 0.352 e. The van der Waals surface area contributed by atoms with Gasteiger partial charge < -0.3 is 10.2 Å². The second-order valence-corrected chi connectivity index (χ2v) is 11.5. The number of rotatable bonds is 12. The molecule has 196 valence electrons. The highest BCUT2D eigenvalue weighted by Gasteiger charge is 2.31. The van der Waals surface area contributed by atoms with Crippen LogP contribution in [0.5, 0.6) is 0 Å². The van der Waals surface area contributed by atoms with E-state index in [0.717, 1.165) is 36.8 Å². The van der Waals surface area contributed by atoms with Gasteiger partial charge in [-0.05, 0) is 55.9 Å². The molecular weight excluding hydrogens is 474 g/mol. The maximum Gasteiger partial charge on any atom is 0.243 e. The number of nitrogens with zero attached hydrogens (tertiary/aromatic N) is 2. The molecule has 1 N–H and O–H groups in total. The minimum Gasteiger partial charge on any atom is -0.352 e. The molecule has 1 aliphatic carbocycles. The number of nitrogens with one attached hydrogen (secondary N) is 1. The molecule has 1 saturated carbocycles. The Kier molecular flexibility index (Phi) is 9.93. The maximum atomic E-state index is 13.5. The van der Waals surface area contributed by atoms with Crippen molar-refractivity contribution in [1.82, 2.24) is 10.2 Å². The summed E-state index contributed by atoms with van der Waals surface area (Å²) >= 11 is 0. The molecule has 1 aliphatic rings. The van der Waals surface area contributed by atoms with Gasteiger partial charge in [0.1, 0.15) is 6.04 Å². The average molecular weight is 514 g/mol. The van der Waals surface area contributed by atoms with Gasteiger partial charge in [0.15, 0.2) is 0 Å². The van der Waals surface area contributed by atoms with Crippen molar-refractivity contribution >= 4 is 27.5 Å². The molecule has 8 heteroatoms. The Morgan fingerprint density at radius 1 is 1.03 bits per heavy atom. The summed E-state index contributed by atoms with van der Waals surface area (Å²) in [6.07, 6.45) is 6.38. The number of benzene rings is 2. The quantitative estimate of drug-likeness (QED) is 0.456. The fourth-order valence-electron chi connectivity index (χ4n) is 4.86. The molecule has 0 bridgehead atoms. The smallest absolute Gasteiger partial charge is 0.243 e. The van der Waals surface area contributed by atoms with Gasteiger partial charge in [-0.1, -0.05) is 62.2 Å². The van der Waals surface area contributed by atoms with Crippen molar-refractivity contribution in [2.24, 2.45) is 0 Å². The third-order valence-electron chi connectivity index (χ3n) is 6.89. The topological polar surface area (TPSA) is 86.8 Å². The Labute approximate surface area is 215 Å². The number of sulfonamides is 1. The van der Waals surface area contributed by atoms with Crippen molar-refractivity contribution in [1.29, 1.82) is 0 Å². The number of hydrogen-bond acceptors (Lipinski definition) is 4. The second kappa shape index (κ2) is 12.9. The normalized spacial score (nSPS) is 14.9. The Bertz CT molecular complexity index is 1110. The van der Waals surface area contributed by atoms with Crippen LogP contribution in [0.15, 0.2) is 54.6 Å². The Hall–Kier alpha value is -2.87. The molecule has 0 aliphatic heterocycles. The molecule has 0 aromatic heterocycles. The van der Waals surface area contributed by atoms with Gasteiger partial charge in [-0.15, -0.1) is 0 Å². The molecule has 0 saturated heterocycles. The van der Waals surface area contributed by atoms with Gasteiger partial charge in [-0.3, -0.25) is 13.9 Å². The van der Waals surface area contributed by atoms with Crippen LogP contribution in [-0.4, -0.2) is 50.0 Å². The lowest BCUT2D eigenvalue weighted by Crippen LogP contribution is -2.51. The highest BCUT2D eigenvalue weighted by molar-refractivity contribution is 7.92. The van der Waals surface area contributed by atoms with E-state index < -0.39 is 16.1 Å². The molecule has 2 amide bonds. The predicted octanol–water partition coefficient (Wildman–Crippen LogP) is 4.41. The van der Waals surface area contributed by atoms with Crippen LogP contribution < -0.4 is 9.62 Å². The van der Waals surface area contributed by atoms with Crippen molar-refractivity contribution < 1.29 is 18.0 Å². The van der Waals surface area contributed by atoms with Crippen LogP contribution in [0, 0.1) is 6.92 Å². The van der Waals surface area contributed by atoms with E-state index in [-0.39, 0.29) is 30.8 Å². The zero-order chi connectivity index (χ0) is 26.1. The lowest BCUT2D eigenvalue weighted by atomic mass is 10.0. The fraction of sp³-hybridized carbons (Fsp3) is 0.500. The van der Waals surface area contributed by atoms with Gasteiger partial charge in [0.25, 0.3) is 0 Å². The zero-order valence-electron chi connectivity index (χ0n) is 21.7. The molecule has 7 nitrogen and oxygen atoms in total. The number of anilines is 1. The van der Waals surface area contributed by atoms with E-state index in [2.05, 4.69) is 5.32 Å². The van der Waals surface area contributed by atoms with Crippen LogP contribution in [0.3, 0.4) is 0 Å². The minimum atomic E-state index is -3.49. The number of carbonyl (C=O) groups is 2. The van der Waals surface area contributed by atoms with Crippen molar-refractivity contribution in [2.45, 2.75) is 77.4 Å². The zero-order valence-corrected chi connectivity index (χ0v) is 22.5. The summed E-state index contributed by atoms with van der Waals surface area (Å²) in [6.45, 7) is 4.47. The van der Waals surface area contributed by atoms with E-state index >= 15 is 0 Å². The minimum absolute atomic E-state index is 0.103. The average Bonchev–Trinajstić information content (AvgIpc) is 3.35. The van der Waals surface area contributed by atoms with Crippen LogP contribution in [0.25, 0.3) is 0 Å². The first kappa shape index (κ1) is 27.7. The summed E-state index contributed by atoms with van der Waals surface area (Å²) in [5.74, 6) is -0.249. The van der Waals surface area contributed by atoms with E-state index in [0.29, 0.717) is 25.1 Å². The predicted molar refractivity (Wildman–Crippen MR) is 144 cm³/mol. The van der Waals surface area contributed by atoms with Gasteiger partial charge in [-0.25, -0.2) is 8.42 Å². The van der Waals surface area contributed by atoms with E-state index in [1.165, 1.54) is 10.6 Å². The first-order chi connectivity index (χ1) is 17.2. The van der Waals surface area contributed by atoms with Crippen molar-refractivity contribution in [3.8, 4) is 0 Å². The molecule has 1 atom stereocenters. The summed E-state index contributed by atoms with van der Waals surface area (Å²) in [4.78, 5) is 28.5. The molecule has 2 aromatic rings. The monoisotopic (exact) mass is 513 g/mol. The summed E-state index contributed by atoms with van der Waals surface area (Å²) in [5.41, 5.74) is 2.64.